The van der Waals surface area contributed by atoms with Gasteiger partial charge in [-0.3, -0.25) is 4.84 Å². The average molecular weight is 323 g/mol. The lowest BCUT2D eigenvalue weighted by atomic mass is 9.96. The van der Waals surface area contributed by atoms with E-state index in [9.17, 15) is 8.42 Å². The first-order valence-corrected chi connectivity index (χ1v) is 9.93. The Hall–Kier alpha value is -0.910. The van der Waals surface area contributed by atoms with Crippen LogP contribution >= 0.6 is 0 Å². The van der Waals surface area contributed by atoms with Crippen molar-refractivity contribution in [2.45, 2.75) is 57.1 Å². The van der Waals surface area contributed by atoms with Gasteiger partial charge in [-0.1, -0.05) is 57.0 Å². The van der Waals surface area contributed by atoms with Crippen LogP contribution in [0.25, 0.3) is 0 Å². The van der Waals surface area contributed by atoms with Gasteiger partial charge < -0.3 is 0 Å². The van der Waals surface area contributed by atoms with Crippen LogP contribution in [-0.4, -0.2) is 36.6 Å². The van der Waals surface area contributed by atoms with E-state index in [2.05, 4.69) is 19.1 Å². The molecule has 2 fully saturated rings. The monoisotopic (exact) mass is 323 g/mol. The van der Waals surface area contributed by atoms with Crippen molar-refractivity contribution in [1.29, 1.82) is 0 Å². The zero-order valence-corrected chi connectivity index (χ0v) is 14.1. The molecule has 4 nitrogen and oxygen atoms in total. The molecule has 0 spiro atoms. The number of fused-ring (bicyclic) bond motifs is 1. The highest BCUT2D eigenvalue weighted by molar-refractivity contribution is 7.92. The number of rotatable bonds is 5. The summed E-state index contributed by atoms with van der Waals surface area (Å²) in [5.41, 5.74) is 1.16. The minimum Gasteiger partial charge on any atom is -0.294 e. The highest BCUT2D eigenvalue weighted by atomic mass is 32.2. The van der Waals surface area contributed by atoms with Crippen molar-refractivity contribution in [2.75, 3.05) is 5.75 Å². The third-order valence-corrected chi connectivity index (χ3v) is 7.22. The molecule has 2 heterocycles. The fraction of sp³-hybridized carbons (Fsp3) is 0.647. The fourth-order valence-electron chi connectivity index (χ4n) is 3.84. The highest BCUT2D eigenvalue weighted by Gasteiger charge is 2.57. The molecule has 1 aromatic carbocycles. The molecule has 2 aliphatic heterocycles. The number of hydrogen-bond donors (Lipinski definition) is 0. The van der Waals surface area contributed by atoms with Gasteiger partial charge in [0.1, 0.15) is 5.25 Å². The summed E-state index contributed by atoms with van der Waals surface area (Å²) in [4.78, 5) is 6.09. The van der Waals surface area contributed by atoms with Crippen LogP contribution in [0.1, 0.15) is 38.7 Å². The third-order valence-electron chi connectivity index (χ3n) is 4.82. The molecule has 0 radical (unpaired) electrons. The van der Waals surface area contributed by atoms with Gasteiger partial charge in [0, 0.05) is 6.54 Å². The average Bonchev–Trinajstić information content (AvgIpc) is 2.95. The molecule has 0 unspecified atom stereocenters. The Morgan fingerprint density at radius 2 is 2.00 bits per heavy atom. The fourth-order valence-corrected chi connectivity index (χ4v) is 6.47. The Morgan fingerprint density at radius 1 is 1.27 bits per heavy atom. The van der Waals surface area contributed by atoms with Gasteiger partial charge in [0.05, 0.1) is 17.9 Å². The molecule has 0 bridgehead atoms. The van der Waals surface area contributed by atoms with Crippen LogP contribution in [0.15, 0.2) is 30.3 Å². The van der Waals surface area contributed by atoms with E-state index in [0.717, 1.165) is 24.8 Å². The van der Waals surface area contributed by atoms with E-state index in [1.54, 1.807) is 0 Å². The van der Waals surface area contributed by atoms with Crippen molar-refractivity contribution in [3.05, 3.63) is 35.9 Å². The number of sulfone groups is 1. The zero-order chi connectivity index (χ0) is 15.7. The summed E-state index contributed by atoms with van der Waals surface area (Å²) < 4.78 is 25.0. The predicted molar refractivity (Wildman–Crippen MR) is 86.9 cm³/mol. The van der Waals surface area contributed by atoms with Crippen molar-refractivity contribution in [2.24, 2.45) is 5.92 Å². The second-order valence-electron chi connectivity index (χ2n) is 6.61. The summed E-state index contributed by atoms with van der Waals surface area (Å²) in [7, 11) is -3.04. The van der Waals surface area contributed by atoms with Gasteiger partial charge in [-0.15, -0.1) is 0 Å². The standard InChI is InChI=1S/C17H25NO3S/c1-3-4-10-15-17-16(13(2)12-22(17,19)20)18(21-15)11-14-8-6-5-7-9-14/h5-9,13,15-17H,3-4,10-12H2,1-2H3/t13-,15+,16+,17+/m1/s1. The molecule has 5 heteroatoms. The first-order chi connectivity index (χ1) is 10.5. The van der Waals surface area contributed by atoms with E-state index in [1.165, 1.54) is 0 Å². The molecule has 4 atom stereocenters. The number of hydroxylamine groups is 2. The second-order valence-corrected chi connectivity index (χ2v) is 8.81. The normalized spacial score (nSPS) is 33.9. The number of benzene rings is 1. The number of nitrogens with zero attached hydrogens (tertiary/aromatic N) is 1. The van der Waals surface area contributed by atoms with Gasteiger partial charge >= 0.3 is 0 Å². The summed E-state index contributed by atoms with van der Waals surface area (Å²) >= 11 is 0. The first kappa shape index (κ1) is 16.0. The van der Waals surface area contributed by atoms with E-state index >= 15 is 0 Å². The zero-order valence-electron chi connectivity index (χ0n) is 13.3. The Morgan fingerprint density at radius 3 is 2.68 bits per heavy atom. The van der Waals surface area contributed by atoms with Gasteiger partial charge in [0.25, 0.3) is 0 Å². The van der Waals surface area contributed by atoms with Gasteiger partial charge in [-0.25, -0.2) is 8.42 Å². The summed E-state index contributed by atoms with van der Waals surface area (Å²) in [5, 5.41) is 1.59. The maximum Gasteiger partial charge on any atom is 0.157 e. The smallest absolute Gasteiger partial charge is 0.157 e. The van der Waals surface area contributed by atoms with Crippen LogP contribution < -0.4 is 0 Å². The SMILES string of the molecule is CCCC[C@@H]1ON(Cc2ccccc2)[C@@H]2[C@H]1S(=O)(=O)C[C@H]2C. The van der Waals surface area contributed by atoms with E-state index in [-0.39, 0.29) is 23.3 Å². The van der Waals surface area contributed by atoms with Gasteiger partial charge in [0.15, 0.2) is 9.84 Å². The molecule has 0 N–H and O–H groups in total. The van der Waals surface area contributed by atoms with Crippen molar-refractivity contribution in [1.82, 2.24) is 5.06 Å². The third kappa shape index (κ3) is 2.94. The van der Waals surface area contributed by atoms with E-state index in [1.807, 2.05) is 30.2 Å². The molecule has 22 heavy (non-hydrogen) atoms. The lowest BCUT2D eigenvalue weighted by Gasteiger charge is -2.24. The van der Waals surface area contributed by atoms with Crippen molar-refractivity contribution < 1.29 is 13.3 Å². The predicted octanol–water partition coefficient (Wildman–Crippen LogP) is 2.79. The number of hydrogen-bond acceptors (Lipinski definition) is 4. The first-order valence-electron chi connectivity index (χ1n) is 8.22. The molecule has 0 aromatic heterocycles. The maximum absolute atomic E-state index is 12.5. The summed E-state index contributed by atoms with van der Waals surface area (Å²) in [5.74, 6) is 0.421. The molecule has 0 saturated carbocycles. The summed E-state index contributed by atoms with van der Waals surface area (Å²) in [6, 6.07) is 10.1. The van der Waals surface area contributed by atoms with Crippen molar-refractivity contribution in [3.63, 3.8) is 0 Å². The molecule has 3 rings (SSSR count). The van der Waals surface area contributed by atoms with Crippen LogP contribution in [0.5, 0.6) is 0 Å². The molecule has 0 aliphatic carbocycles. The maximum atomic E-state index is 12.5. The topological polar surface area (TPSA) is 46.6 Å². The molecular weight excluding hydrogens is 298 g/mol. The van der Waals surface area contributed by atoms with E-state index < -0.39 is 9.84 Å². The second kappa shape index (κ2) is 6.30. The Balaban J connectivity index is 1.83. The largest absolute Gasteiger partial charge is 0.294 e. The molecule has 2 aliphatic rings. The summed E-state index contributed by atoms with van der Waals surface area (Å²) in [6.45, 7) is 4.82. The quantitative estimate of drug-likeness (QED) is 0.836. The van der Waals surface area contributed by atoms with Crippen LogP contribution in [0, 0.1) is 5.92 Å². The Labute approximate surface area is 133 Å². The summed E-state index contributed by atoms with van der Waals surface area (Å²) in [6.07, 6.45) is 2.72. The van der Waals surface area contributed by atoms with Crippen LogP contribution in [0.4, 0.5) is 0 Å². The highest BCUT2D eigenvalue weighted by Crippen LogP contribution is 2.41. The van der Waals surface area contributed by atoms with Gasteiger partial charge in [-0.05, 0) is 17.9 Å². The van der Waals surface area contributed by atoms with Crippen LogP contribution in [0.2, 0.25) is 0 Å². The molecule has 0 amide bonds. The molecule has 1 aromatic rings. The van der Waals surface area contributed by atoms with Crippen LogP contribution in [0.3, 0.4) is 0 Å². The van der Waals surface area contributed by atoms with E-state index in [4.69, 9.17) is 4.84 Å². The Kier molecular flexibility index (Phi) is 4.57. The minimum atomic E-state index is -3.04. The lowest BCUT2D eigenvalue weighted by Crippen LogP contribution is -2.37. The van der Waals surface area contributed by atoms with Gasteiger partial charge in [0.2, 0.25) is 0 Å². The Bertz CT molecular complexity index is 602. The van der Waals surface area contributed by atoms with Crippen molar-refractivity contribution in [3.8, 4) is 0 Å². The molecule has 2 saturated heterocycles. The minimum absolute atomic E-state index is 0.00735. The number of unbranched alkanes of at least 4 members (excludes halogenated alkanes) is 1. The van der Waals surface area contributed by atoms with Crippen molar-refractivity contribution >= 4 is 9.84 Å². The molecular formula is C17H25NO3S. The lowest BCUT2D eigenvalue weighted by molar-refractivity contribution is -0.176. The molecule has 122 valence electrons. The van der Waals surface area contributed by atoms with Gasteiger partial charge in [-0.2, -0.15) is 5.06 Å². The van der Waals surface area contributed by atoms with Crippen LogP contribution in [-0.2, 0) is 21.2 Å². The van der Waals surface area contributed by atoms with E-state index in [0.29, 0.717) is 12.3 Å².